The maximum absolute atomic E-state index is 13.6. The zero-order valence-electron chi connectivity index (χ0n) is 24.8. The van der Waals surface area contributed by atoms with E-state index in [1.807, 2.05) is 0 Å². The Kier molecular flexibility index (Phi) is 11.7. The van der Waals surface area contributed by atoms with E-state index in [1.165, 1.54) is 24.6 Å². The van der Waals surface area contributed by atoms with Crippen molar-refractivity contribution in [3.8, 4) is 0 Å². The van der Waals surface area contributed by atoms with Gasteiger partial charge in [0.1, 0.15) is 36.1 Å². The number of thioether (sulfide) groups is 2. The van der Waals surface area contributed by atoms with Crippen molar-refractivity contribution in [1.82, 2.24) is 9.97 Å². The minimum Gasteiger partial charge on any atom is -0.387 e. The smallest absolute Gasteiger partial charge is 0.387 e. The van der Waals surface area contributed by atoms with Crippen LogP contribution in [0.1, 0.15) is 59.4 Å². The highest BCUT2D eigenvalue weighted by Crippen LogP contribution is 2.52. The number of carbonyl (C=O) groups is 2. The molecule has 12 nitrogen and oxygen atoms in total. The Morgan fingerprint density at radius 2 is 1.62 bits per heavy atom. The molecule has 236 valence electrons. The molecule has 0 spiro atoms. The predicted octanol–water partition coefficient (Wildman–Crippen LogP) is 4.60. The van der Waals surface area contributed by atoms with E-state index in [4.69, 9.17) is 24.0 Å². The monoisotopic (exact) mass is 665 g/mol. The third-order valence-corrected chi connectivity index (χ3v) is 11.2. The quantitative estimate of drug-likeness (QED) is 0.211. The van der Waals surface area contributed by atoms with Gasteiger partial charge in [-0.3, -0.25) is 23.2 Å². The van der Waals surface area contributed by atoms with E-state index in [0.717, 1.165) is 23.5 Å². The molecule has 4 atom stereocenters. The molecule has 3 rings (SSSR count). The molecule has 0 aromatic carbocycles. The van der Waals surface area contributed by atoms with Gasteiger partial charge in [0, 0.05) is 27.7 Å². The van der Waals surface area contributed by atoms with Gasteiger partial charge in [-0.1, -0.05) is 65.1 Å². The Hall–Kier alpha value is -1.13. The molecule has 2 aromatic heterocycles. The van der Waals surface area contributed by atoms with Gasteiger partial charge in [-0.05, 0) is 6.92 Å². The Morgan fingerprint density at radius 1 is 1.07 bits per heavy atom. The van der Waals surface area contributed by atoms with Gasteiger partial charge in [0.05, 0.1) is 35.6 Å². The van der Waals surface area contributed by atoms with Crippen LogP contribution >= 0.6 is 42.7 Å². The van der Waals surface area contributed by atoms with Gasteiger partial charge in [0.2, 0.25) is 0 Å². The average molecular weight is 666 g/mol. The van der Waals surface area contributed by atoms with Gasteiger partial charge in [-0.15, -0.1) is 11.3 Å². The first-order valence-electron chi connectivity index (χ1n) is 13.3. The molecule has 3 heterocycles. The number of carbonyl (C=O) groups excluding carboxylic acids is 2. The van der Waals surface area contributed by atoms with Gasteiger partial charge in [-0.25, -0.2) is 14.5 Å². The van der Waals surface area contributed by atoms with E-state index >= 15 is 0 Å². The molecule has 0 aliphatic carbocycles. The van der Waals surface area contributed by atoms with Crippen LogP contribution in [-0.2, 0) is 32.5 Å². The largest absolute Gasteiger partial charge is 0.474 e. The summed E-state index contributed by atoms with van der Waals surface area (Å²) in [4.78, 5) is 33.2. The number of hydrogen-bond acceptors (Lipinski definition) is 15. The fourth-order valence-electron chi connectivity index (χ4n) is 3.74. The summed E-state index contributed by atoms with van der Waals surface area (Å²) in [5.41, 5.74) is 3.60. The van der Waals surface area contributed by atoms with Crippen molar-refractivity contribution in [2.24, 2.45) is 10.8 Å². The number of aliphatic hydroxyl groups excluding tert-OH is 1. The second kappa shape index (κ2) is 13.9. The molecular weight excluding hydrogens is 625 g/mol. The Labute approximate surface area is 258 Å². The lowest BCUT2D eigenvalue weighted by molar-refractivity contribution is -0.118. The summed E-state index contributed by atoms with van der Waals surface area (Å²) in [5.74, 6) is 0.695. The Morgan fingerprint density at radius 3 is 2.14 bits per heavy atom. The van der Waals surface area contributed by atoms with Crippen molar-refractivity contribution in [2.75, 3.05) is 37.1 Å². The average Bonchev–Trinajstić information content (AvgIpc) is 3.41. The first-order chi connectivity index (χ1) is 19.4. The van der Waals surface area contributed by atoms with Crippen LogP contribution in [0.2, 0.25) is 0 Å². The molecule has 1 unspecified atom stereocenters. The number of thiophene rings is 1. The molecule has 0 bridgehead atoms. The maximum atomic E-state index is 13.6. The van der Waals surface area contributed by atoms with E-state index in [1.54, 1.807) is 46.9 Å². The number of anilines is 1. The minimum atomic E-state index is -4.22. The van der Waals surface area contributed by atoms with Crippen molar-refractivity contribution >= 4 is 69.6 Å². The number of aliphatic hydroxyl groups is 2. The van der Waals surface area contributed by atoms with Gasteiger partial charge in [0.25, 0.3) is 0 Å². The van der Waals surface area contributed by atoms with Gasteiger partial charge in [0.15, 0.2) is 10.2 Å². The molecule has 1 fully saturated rings. The van der Waals surface area contributed by atoms with Crippen LogP contribution in [0.15, 0.2) is 11.7 Å². The fraction of sp³-hybridized carbons (Fsp3) is 0.692. The molecule has 1 aliphatic heterocycles. The van der Waals surface area contributed by atoms with Crippen LogP contribution < -0.4 is 5.73 Å². The summed E-state index contributed by atoms with van der Waals surface area (Å²) in [7, 11) is -4.22. The van der Waals surface area contributed by atoms with E-state index in [-0.39, 0.29) is 40.8 Å². The number of nitrogens with two attached hydrogens (primary N) is 1. The van der Waals surface area contributed by atoms with Crippen LogP contribution in [0.5, 0.6) is 0 Å². The SMILES string of the molecule is CC(C)(C)C(=O)SCCOP(=O)(OCCSC(=O)C(C)(C)C)OC[C@H]1OC(c2scc3c(N)ncnc23)[C@](C)(O)[C@@H]1O. The lowest BCUT2D eigenvalue weighted by Gasteiger charge is -2.26. The summed E-state index contributed by atoms with van der Waals surface area (Å²) in [5, 5.41) is 24.4. The van der Waals surface area contributed by atoms with Crippen molar-refractivity contribution in [3.63, 3.8) is 0 Å². The first-order valence-corrected chi connectivity index (χ1v) is 17.6. The minimum absolute atomic E-state index is 0.0521. The summed E-state index contributed by atoms with van der Waals surface area (Å²) < 4.78 is 36.2. The zero-order valence-corrected chi connectivity index (χ0v) is 28.2. The van der Waals surface area contributed by atoms with Crippen molar-refractivity contribution in [1.29, 1.82) is 0 Å². The fourth-order valence-corrected chi connectivity index (χ4v) is 7.91. The maximum Gasteiger partial charge on any atom is 0.474 e. The summed E-state index contributed by atoms with van der Waals surface area (Å²) in [6.07, 6.45) is -2.21. The topological polar surface area (TPSA) is 180 Å². The highest BCUT2D eigenvalue weighted by Gasteiger charge is 2.54. The molecule has 0 radical (unpaired) electrons. The van der Waals surface area contributed by atoms with Crippen LogP contribution in [0, 0.1) is 10.8 Å². The summed E-state index contributed by atoms with van der Waals surface area (Å²) in [6, 6.07) is 0. The molecule has 16 heteroatoms. The number of nitrogen functional groups attached to an aromatic ring is 1. The summed E-state index contributed by atoms with van der Waals surface area (Å²) >= 11 is 3.34. The molecule has 0 saturated carbocycles. The Balaban J connectivity index is 1.68. The van der Waals surface area contributed by atoms with Gasteiger partial charge in [-0.2, -0.15) is 0 Å². The number of phosphoric acid groups is 1. The van der Waals surface area contributed by atoms with Crippen molar-refractivity contribution in [2.45, 2.75) is 72.4 Å². The molecule has 2 aromatic rings. The molecule has 1 aliphatic rings. The molecule has 1 saturated heterocycles. The lowest BCUT2D eigenvalue weighted by atomic mass is 9.92. The van der Waals surface area contributed by atoms with Gasteiger partial charge >= 0.3 is 7.82 Å². The summed E-state index contributed by atoms with van der Waals surface area (Å²) in [6.45, 7) is 11.5. The highest BCUT2D eigenvalue weighted by atomic mass is 32.2. The molecule has 42 heavy (non-hydrogen) atoms. The normalized spacial score (nSPS) is 23.5. The molecule has 0 amide bonds. The lowest BCUT2D eigenvalue weighted by Crippen LogP contribution is -2.43. The standard InChI is InChI=1S/C26H40N3O9PS3/c1-24(2,3)22(31)40-10-8-35-39(34,36-9-11-41-23(32)25(4,5)6)37-12-16-19(30)26(7,33)20(38-16)18-17-15(13-42-18)21(27)29-14-28-17/h13-14,16,19-20,30,33H,8-12H2,1-7H3,(H2,27,28,29)/t16-,19-,20?,26-/m1/s1. The van der Waals surface area contributed by atoms with Crippen LogP contribution in [-0.4, -0.2) is 79.5 Å². The number of rotatable bonds is 12. The van der Waals surface area contributed by atoms with E-state index < -0.39 is 49.2 Å². The first kappa shape index (κ1) is 35.4. The second-order valence-electron chi connectivity index (χ2n) is 12.0. The van der Waals surface area contributed by atoms with Crippen LogP contribution in [0.3, 0.4) is 0 Å². The highest BCUT2D eigenvalue weighted by molar-refractivity contribution is 8.14. The zero-order chi connectivity index (χ0) is 31.5. The number of ether oxygens (including phenoxy) is 1. The van der Waals surface area contributed by atoms with Crippen LogP contribution in [0.4, 0.5) is 5.82 Å². The third-order valence-electron chi connectivity index (χ3n) is 6.24. The third kappa shape index (κ3) is 8.74. The number of phosphoric ester groups is 1. The molecule has 4 N–H and O–H groups in total. The van der Waals surface area contributed by atoms with E-state index in [9.17, 15) is 24.4 Å². The predicted molar refractivity (Wildman–Crippen MR) is 165 cm³/mol. The van der Waals surface area contributed by atoms with Crippen LogP contribution in [0.25, 0.3) is 10.9 Å². The van der Waals surface area contributed by atoms with Crippen molar-refractivity contribution < 1.29 is 42.7 Å². The number of nitrogens with zero attached hydrogens (tertiary/aromatic N) is 2. The van der Waals surface area contributed by atoms with E-state index in [2.05, 4.69) is 9.97 Å². The number of aromatic nitrogens is 2. The number of hydrogen-bond donors (Lipinski definition) is 3. The molecular formula is C26H40N3O9PS3. The Bertz CT molecular complexity index is 1270. The second-order valence-corrected chi connectivity index (χ2v) is 16.7. The van der Waals surface area contributed by atoms with Gasteiger partial charge < -0.3 is 20.7 Å². The number of fused-ring (bicyclic) bond motifs is 1. The van der Waals surface area contributed by atoms with Crippen molar-refractivity contribution in [3.05, 3.63) is 16.6 Å². The van der Waals surface area contributed by atoms with E-state index in [0.29, 0.717) is 15.8 Å².